The molecule has 17 heavy (non-hydrogen) atoms. The first kappa shape index (κ1) is 15.7. The van der Waals surface area contributed by atoms with E-state index in [1.807, 2.05) is 6.92 Å². The minimum absolute atomic E-state index is 0.156. The van der Waals surface area contributed by atoms with E-state index in [0.717, 1.165) is 12.8 Å². The number of hydrogen-bond donors (Lipinski definition) is 3. The minimum Gasteiger partial charge on any atom is -0.480 e. The minimum atomic E-state index is -1.03. The summed E-state index contributed by atoms with van der Waals surface area (Å²) in [6.45, 7) is 3.48. The maximum Gasteiger partial charge on any atom is 0.326 e. The van der Waals surface area contributed by atoms with Crippen LogP contribution in [0, 0.1) is 0 Å². The van der Waals surface area contributed by atoms with Gasteiger partial charge in [-0.15, -0.1) is 0 Å². The van der Waals surface area contributed by atoms with Crippen LogP contribution in [-0.4, -0.2) is 52.9 Å². The number of carbonyl (C=O) groups excluding carboxylic acids is 1. The molecule has 6 nitrogen and oxygen atoms in total. The van der Waals surface area contributed by atoms with Gasteiger partial charge in [0.15, 0.2) is 0 Å². The van der Waals surface area contributed by atoms with Crippen molar-refractivity contribution in [2.75, 3.05) is 13.7 Å². The molecule has 0 heterocycles. The first-order valence-electron chi connectivity index (χ1n) is 5.81. The number of aliphatic hydroxyl groups is 1. The maximum absolute atomic E-state index is 11.7. The number of aliphatic hydroxyl groups excluding tert-OH is 1. The molecule has 0 fully saturated rings. The average Bonchev–Trinajstić information content (AvgIpc) is 2.31. The van der Waals surface area contributed by atoms with Gasteiger partial charge in [-0.3, -0.25) is 0 Å². The lowest BCUT2D eigenvalue weighted by molar-refractivity contribution is -0.139. The summed E-state index contributed by atoms with van der Waals surface area (Å²) in [7, 11) is 1.52. The molecule has 100 valence electrons. The molecule has 0 aliphatic rings. The molecule has 0 spiro atoms. The van der Waals surface area contributed by atoms with Crippen LogP contribution in [0.4, 0.5) is 4.79 Å². The molecule has 0 aromatic heterocycles. The fraction of sp³-hybridized carbons (Fsp3) is 0.818. The number of urea groups is 1. The predicted molar refractivity (Wildman–Crippen MR) is 63.8 cm³/mol. The summed E-state index contributed by atoms with van der Waals surface area (Å²) >= 11 is 0. The van der Waals surface area contributed by atoms with E-state index < -0.39 is 18.0 Å². The molecule has 0 aromatic carbocycles. The highest BCUT2D eigenvalue weighted by molar-refractivity contribution is 5.82. The fourth-order valence-electron chi connectivity index (χ4n) is 1.24. The molecule has 0 aliphatic heterocycles. The van der Waals surface area contributed by atoms with Crippen molar-refractivity contribution >= 4 is 12.0 Å². The summed E-state index contributed by atoms with van der Waals surface area (Å²) in [5.41, 5.74) is 0. The van der Waals surface area contributed by atoms with Gasteiger partial charge in [-0.2, -0.15) is 0 Å². The molecule has 3 N–H and O–H groups in total. The highest BCUT2D eigenvalue weighted by atomic mass is 16.4. The van der Waals surface area contributed by atoms with Gasteiger partial charge in [0.25, 0.3) is 0 Å². The highest BCUT2D eigenvalue weighted by Gasteiger charge is 2.22. The Bertz CT molecular complexity index is 258. The van der Waals surface area contributed by atoms with Gasteiger partial charge in [0.05, 0.1) is 12.6 Å². The van der Waals surface area contributed by atoms with Crippen molar-refractivity contribution in [1.82, 2.24) is 10.2 Å². The Morgan fingerprint density at radius 1 is 1.41 bits per heavy atom. The Labute approximate surface area is 102 Å². The first-order valence-corrected chi connectivity index (χ1v) is 5.81. The molecule has 0 aliphatic carbocycles. The lowest BCUT2D eigenvalue weighted by Crippen LogP contribution is -2.49. The Balaban J connectivity index is 4.34. The van der Waals surface area contributed by atoms with Crippen molar-refractivity contribution < 1.29 is 19.8 Å². The smallest absolute Gasteiger partial charge is 0.326 e. The zero-order valence-electron chi connectivity index (χ0n) is 10.6. The second-order valence-corrected chi connectivity index (χ2v) is 4.13. The van der Waals surface area contributed by atoms with Gasteiger partial charge in [0.1, 0.15) is 6.04 Å². The van der Waals surface area contributed by atoms with Gasteiger partial charge < -0.3 is 20.4 Å². The SMILES string of the molecule is CCCC[C@H](NC(=O)N(C)C(C)CO)C(=O)O. The predicted octanol–water partition coefficient (Wildman–Crippen LogP) is 0.652. The highest BCUT2D eigenvalue weighted by Crippen LogP contribution is 2.03. The second kappa shape index (κ2) is 7.89. The molecule has 0 saturated heterocycles. The zero-order chi connectivity index (χ0) is 13.4. The first-order chi connectivity index (χ1) is 7.93. The van der Waals surface area contributed by atoms with Crippen LogP contribution in [0.25, 0.3) is 0 Å². The summed E-state index contributed by atoms with van der Waals surface area (Å²) in [6, 6.07) is -1.68. The molecule has 0 saturated carbocycles. The molecular weight excluding hydrogens is 224 g/mol. The molecule has 2 atom stereocenters. The van der Waals surface area contributed by atoms with Crippen LogP contribution in [0.3, 0.4) is 0 Å². The Morgan fingerprint density at radius 3 is 2.41 bits per heavy atom. The van der Waals surface area contributed by atoms with Gasteiger partial charge in [-0.1, -0.05) is 19.8 Å². The summed E-state index contributed by atoms with van der Waals surface area (Å²) in [5, 5.41) is 20.3. The van der Waals surface area contributed by atoms with E-state index in [9.17, 15) is 9.59 Å². The Kier molecular flexibility index (Phi) is 7.29. The topological polar surface area (TPSA) is 89.9 Å². The number of carboxylic acids is 1. The number of aliphatic carboxylic acids is 1. The van der Waals surface area contributed by atoms with Crippen LogP contribution in [0.5, 0.6) is 0 Å². The third-order valence-corrected chi connectivity index (χ3v) is 2.69. The number of rotatable bonds is 7. The molecule has 0 bridgehead atoms. The second-order valence-electron chi connectivity index (χ2n) is 4.13. The fourth-order valence-corrected chi connectivity index (χ4v) is 1.24. The number of likely N-dealkylation sites (N-methyl/N-ethyl adjacent to an activating group) is 1. The largest absolute Gasteiger partial charge is 0.480 e. The number of carbonyl (C=O) groups is 2. The van der Waals surface area contributed by atoms with E-state index in [2.05, 4.69) is 5.32 Å². The lowest BCUT2D eigenvalue weighted by Gasteiger charge is -2.25. The quantitative estimate of drug-likeness (QED) is 0.615. The number of hydrogen-bond acceptors (Lipinski definition) is 3. The Morgan fingerprint density at radius 2 is 2.00 bits per heavy atom. The number of nitrogens with one attached hydrogen (secondary N) is 1. The van der Waals surface area contributed by atoms with Crippen molar-refractivity contribution in [2.45, 2.75) is 45.2 Å². The van der Waals surface area contributed by atoms with E-state index in [-0.39, 0.29) is 12.6 Å². The summed E-state index contributed by atoms with van der Waals surface area (Å²) in [5.74, 6) is -1.03. The van der Waals surface area contributed by atoms with Gasteiger partial charge in [0.2, 0.25) is 0 Å². The van der Waals surface area contributed by atoms with E-state index in [1.165, 1.54) is 11.9 Å². The van der Waals surface area contributed by atoms with Crippen molar-refractivity contribution in [2.24, 2.45) is 0 Å². The van der Waals surface area contributed by atoms with E-state index in [4.69, 9.17) is 10.2 Å². The normalized spacial score (nSPS) is 13.9. The van der Waals surface area contributed by atoms with Gasteiger partial charge in [-0.25, -0.2) is 9.59 Å². The molecule has 0 rings (SSSR count). The van der Waals surface area contributed by atoms with Crippen LogP contribution in [0.15, 0.2) is 0 Å². The van der Waals surface area contributed by atoms with Crippen LogP contribution >= 0.6 is 0 Å². The van der Waals surface area contributed by atoms with Crippen LogP contribution in [-0.2, 0) is 4.79 Å². The van der Waals surface area contributed by atoms with E-state index in [0.29, 0.717) is 6.42 Å². The van der Waals surface area contributed by atoms with Crippen molar-refractivity contribution in [3.05, 3.63) is 0 Å². The van der Waals surface area contributed by atoms with Gasteiger partial charge in [0, 0.05) is 7.05 Å². The molecular formula is C11H22N2O4. The van der Waals surface area contributed by atoms with Crippen molar-refractivity contribution in [1.29, 1.82) is 0 Å². The third kappa shape index (κ3) is 5.53. The van der Waals surface area contributed by atoms with E-state index in [1.54, 1.807) is 6.92 Å². The summed E-state index contributed by atoms with van der Waals surface area (Å²) in [4.78, 5) is 23.9. The standard InChI is InChI=1S/C11H22N2O4/c1-4-5-6-9(10(15)16)12-11(17)13(3)8(2)7-14/h8-9,14H,4-7H2,1-3H3,(H,12,17)(H,15,16)/t8?,9-/m0/s1. The number of unbranched alkanes of at least 4 members (excludes halogenated alkanes) is 1. The van der Waals surface area contributed by atoms with Crippen LogP contribution < -0.4 is 5.32 Å². The molecule has 0 radical (unpaired) electrons. The molecule has 2 amide bonds. The average molecular weight is 246 g/mol. The lowest BCUT2D eigenvalue weighted by atomic mass is 10.1. The third-order valence-electron chi connectivity index (χ3n) is 2.69. The number of carboxylic acid groups (broad SMARTS) is 1. The van der Waals surface area contributed by atoms with Crippen molar-refractivity contribution in [3.8, 4) is 0 Å². The number of nitrogens with zero attached hydrogens (tertiary/aromatic N) is 1. The molecule has 0 aromatic rings. The molecule has 1 unspecified atom stereocenters. The maximum atomic E-state index is 11.7. The summed E-state index contributed by atoms with van der Waals surface area (Å²) in [6.07, 6.45) is 2.04. The zero-order valence-corrected chi connectivity index (χ0v) is 10.6. The van der Waals surface area contributed by atoms with Crippen LogP contribution in [0.2, 0.25) is 0 Å². The number of amides is 2. The monoisotopic (exact) mass is 246 g/mol. The van der Waals surface area contributed by atoms with E-state index >= 15 is 0 Å². The van der Waals surface area contributed by atoms with Gasteiger partial charge in [-0.05, 0) is 13.3 Å². The van der Waals surface area contributed by atoms with Crippen LogP contribution in [0.1, 0.15) is 33.1 Å². The summed E-state index contributed by atoms with van der Waals surface area (Å²) < 4.78 is 0. The van der Waals surface area contributed by atoms with Crippen molar-refractivity contribution in [3.63, 3.8) is 0 Å². The molecule has 6 heteroatoms. The Hall–Kier alpha value is -1.30. The van der Waals surface area contributed by atoms with Gasteiger partial charge >= 0.3 is 12.0 Å².